The van der Waals surface area contributed by atoms with Gasteiger partial charge in [0.1, 0.15) is 5.75 Å². The van der Waals surface area contributed by atoms with Crippen LogP contribution in [0.4, 0.5) is 0 Å². The molecule has 1 aromatic carbocycles. The summed E-state index contributed by atoms with van der Waals surface area (Å²) < 4.78 is 11.8. The number of nitrogens with zero attached hydrogens (tertiary/aromatic N) is 1. The van der Waals surface area contributed by atoms with Gasteiger partial charge in [0.15, 0.2) is 0 Å². The van der Waals surface area contributed by atoms with Crippen molar-refractivity contribution in [2.75, 3.05) is 0 Å². The number of rotatable bonds is 2. The zero-order chi connectivity index (χ0) is 15.9. The molecule has 2 heterocycles. The van der Waals surface area contributed by atoms with Gasteiger partial charge in [0, 0.05) is 36.5 Å². The molecule has 0 amide bonds. The third-order valence-corrected chi connectivity index (χ3v) is 4.35. The first-order valence-electron chi connectivity index (χ1n) is 7.44. The van der Waals surface area contributed by atoms with E-state index >= 15 is 0 Å². The first-order chi connectivity index (χ1) is 10.4. The molecular formula is C18H20ClNO2. The maximum atomic E-state index is 5.99. The van der Waals surface area contributed by atoms with Crippen molar-refractivity contribution in [3.8, 4) is 5.75 Å². The predicted octanol–water partition coefficient (Wildman–Crippen LogP) is 4.84. The Labute approximate surface area is 136 Å². The lowest BCUT2D eigenvalue weighted by Crippen LogP contribution is -2.36. The van der Waals surface area contributed by atoms with Gasteiger partial charge in [0.25, 0.3) is 0 Å². The van der Waals surface area contributed by atoms with E-state index in [4.69, 9.17) is 21.1 Å². The summed E-state index contributed by atoms with van der Waals surface area (Å²) in [6.45, 7) is 8.51. The van der Waals surface area contributed by atoms with Crippen LogP contribution in [0, 0.1) is 6.92 Å². The number of aromatic nitrogens is 1. The molecule has 3 rings (SSSR count). The lowest BCUT2D eigenvalue weighted by molar-refractivity contribution is -0.180. The fourth-order valence-electron chi connectivity index (χ4n) is 2.76. The van der Waals surface area contributed by atoms with Crippen LogP contribution in [-0.4, -0.2) is 10.8 Å². The standard InChI is InChI=1S/C18H20ClNO2/c1-11(13-5-7-14(19)8-6-13)15-9-20-12(2)17-16(15)10-21-18(3,4)22-17/h5-9,11H,10H2,1-4H3. The molecule has 0 bridgehead atoms. The van der Waals surface area contributed by atoms with Gasteiger partial charge in [-0.05, 0) is 30.2 Å². The SMILES string of the molecule is Cc1ncc(C(C)c2ccc(Cl)cc2)c2c1OC(C)(C)OC2. The second-order valence-electron chi connectivity index (χ2n) is 6.17. The van der Waals surface area contributed by atoms with Crippen molar-refractivity contribution < 1.29 is 9.47 Å². The highest BCUT2D eigenvalue weighted by Crippen LogP contribution is 2.39. The Morgan fingerprint density at radius 2 is 1.91 bits per heavy atom. The zero-order valence-corrected chi connectivity index (χ0v) is 14.1. The summed E-state index contributed by atoms with van der Waals surface area (Å²) >= 11 is 5.98. The molecule has 3 nitrogen and oxygen atoms in total. The van der Waals surface area contributed by atoms with Gasteiger partial charge in [-0.3, -0.25) is 4.98 Å². The van der Waals surface area contributed by atoms with E-state index in [9.17, 15) is 0 Å². The average Bonchev–Trinajstić information content (AvgIpc) is 2.48. The highest BCUT2D eigenvalue weighted by Gasteiger charge is 2.31. The third-order valence-electron chi connectivity index (χ3n) is 4.10. The molecule has 0 saturated carbocycles. The minimum atomic E-state index is -0.610. The number of halogens is 1. The van der Waals surface area contributed by atoms with Gasteiger partial charge < -0.3 is 9.47 Å². The highest BCUT2D eigenvalue weighted by atomic mass is 35.5. The largest absolute Gasteiger partial charge is 0.461 e. The van der Waals surface area contributed by atoms with Crippen LogP contribution in [-0.2, 0) is 11.3 Å². The van der Waals surface area contributed by atoms with Gasteiger partial charge in [-0.25, -0.2) is 0 Å². The summed E-state index contributed by atoms with van der Waals surface area (Å²) in [7, 11) is 0. The van der Waals surface area contributed by atoms with Gasteiger partial charge in [-0.1, -0.05) is 30.7 Å². The van der Waals surface area contributed by atoms with E-state index < -0.39 is 5.79 Å². The van der Waals surface area contributed by atoms with Crippen LogP contribution in [0.1, 0.15) is 49.1 Å². The number of fused-ring (bicyclic) bond motifs is 1. The molecule has 0 aliphatic carbocycles. The molecule has 0 fully saturated rings. The second-order valence-corrected chi connectivity index (χ2v) is 6.61. The van der Waals surface area contributed by atoms with Gasteiger partial charge >= 0.3 is 0 Å². The van der Waals surface area contributed by atoms with Gasteiger partial charge in [0.05, 0.1) is 12.3 Å². The molecule has 2 aromatic rings. The smallest absolute Gasteiger partial charge is 0.205 e. The fourth-order valence-corrected chi connectivity index (χ4v) is 2.89. The molecule has 116 valence electrons. The van der Waals surface area contributed by atoms with Crippen LogP contribution < -0.4 is 4.74 Å². The summed E-state index contributed by atoms with van der Waals surface area (Å²) in [5.41, 5.74) is 4.33. The van der Waals surface area contributed by atoms with E-state index in [1.54, 1.807) is 0 Å². The van der Waals surface area contributed by atoms with Crippen LogP contribution in [0.15, 0.2) is 30.5 Å². The molecule has 0 radical (unpaired) electrons. The van der Waals surface area contributed by atoms with Gasteiger partial charge in [-0.15, -0.1) is 0 Å². The van der Waals surface area contributed by atoms with Crippen molar-refractivity contribution in [3.05, 3.63) is 57.9 Å². The quantitative estimate of drug-likeness (QED) is 0.794. The Morgan fingerprint density at radius 3 is 2.59 bits per heavy atom. The first-order valence-corrected chi connectivity index (χ1v) is 7.82. The van der Waals surface area contributed by atoms with Crippen LogP contribution in [0.3, 0.4) is 0 Å². The predicted molar refractivity (Wildman–Crippen MR) is 87.4 cm³/mol. The van der Waals surface area contributed by atoms with E-state index in [1.165, 1.54) is 5.56 Å². The summed E-state index contributed by atoms with van der Waals surface area (Å²) in [6, 6.07) is 7.93. The molecule has 1 aliphatic rings. The topological polar surface area (TPSA) is 31.4 Å². The van der Waals surface area contributed by atoms with E-state index in [-0.39, 0.29) is 5.92 Å². The maximum Gasteiger partial charge on any atom is 0.205 e. The fraction of sp³-hybridized carbons (Fsp3) is 0.389. The van der Waals surface area contributed by atoms with Crippen LogP contribution in [0.5, 0.6) is 5.75 Å². The van der Waals surface area contributed by atoms with Crippen molar-refractivity contribution in [2.45, 2.75) is 46.0 Å². The Bertz CT molecular complexity index is 695. The van der Waals surface area contributed by atoms with Crippen molar-refractivity contribution in [3.63, 3.8) is 0 Å². The van der Waals surface area contributed by atoms with Crippen molar-refractivity contribution in [1.82, 2.24) is 4.98 Å². The average molecular weight is 318 g/mol. The molecule has 4 heteroatoms. The number of hydrogen-bond donors (Lipinski definition) is 0. The lowest BCUT2D eigenvalue weighted by Gasteiger charge is -2.35. The molecule has 1 unspecified atom stereocenters. The summed E-state index contributed by atoms with van der Waals surface area (Å²) in [6.07, 6.45) is 1.93. The van der Waals surface area contributed by atoms with Crippen LogP contribution in [0.25, 0.3) is 0 Å². The lowest BCUT2D eigenvalue weighted by atomic mass is 9.90. The number of ether oxygens (including phenoxy) is 2. The van der Waals surface area contributed by atoms with Crippen molar-refractivity contribution >= 4 is 11.6 Å². The number of pyridine rings is 1. The maximum absolute atomic E-state index is 5.99. The summed E-state index contributed by atoms with van der Waals surface area (Å²) in [5.74, 6) is 0.448. The molecule has 1 aromatic heterocycles. The monoisotopic (exact) mass is 317 g/mol. The molecule has 1 atom stereocenters. The summed E-state index contributed by atoms with van der Waals surface area (Å²) in [4.78, 5) is 4.52. The van der Waals surface area contributed by atoms with Crippen molar-refractivity contribution in [1.29, 1.82) is 0 Å². The zero-order valence-electron chi connectivity index (χ0n) is 13.3. The molecule has 0 N–H and O–H groups in total. The van der Waals surface area contributed by atoms with Crippen LogP contribution >= 0.6 is 11.6 Å². The Hall–Kier alpha value is -1.58. The van der Waals surface area contributed by atoms with Crippen LogP contribution in [0.2, 0.25) is 5.02 Å². The van der Waals surface area contributed by atoms with Gasteiger partial charge in [-0.2, -0.15) is 0 Å². The minimum Gasteiger partial charge on any atom is -0.461 e. The van der Waals surface area contributed by atoms with E-state index in [0.717, 1.165) is 27.6 Å². The normalized spacial score (nSPS) is 17.5. The molecular weight excluding hydrogens is 298 g/mol. The second kappa shape index (κ2) is 5.56. The molecule has 0 saturated heterocycles. The number of benzene rings is 1. The first kappa shape index (κ1) is 15.3. The van der Waals surface area contributed by atoms with E-state index in [1.807, 2.05) is 51.2 Å². The molecule has 1 aliphatic heterocycles. The molecule has 0 spiro atoms. The van der Waals surface area contributed by atoms with Gasteiger partial charge in [0.2, 0.25) is 5.79 Å². The van der Waals surface area contributed by atoms with Crippen molar-refractivity contribution in [2.24, 2.45) is 0 Å². The molecule has 22 heavy (non-hydrogen) atoms. The minimum absolute atomic E-state index is 0.201. The Balaban J connectivity index is 2.03. The number of hydrogen-bond acceptors (Lipinski definition) is 3. The van der Waals surface area contributed by atoms with E-state index in [0.29, 0.717) is 6.61 Å². The Kier molecular flexibility index (Phi) is 3.87. The third kappa shape index (κ3) is 2.83. The van der Waals surface area contributed by atoms with E-state index in [2.05, 4.69) is 11.9 Å². The number of aryl methyl sites for hydroxylation is 1. The Morgan fingerprint density at radius 1 is 1.23 bits per heavy atom. The summed E-state index contributed by atoms with van der Waals surface area (Å²) in [5, 5.41) is 0.744. The highest BCUT2D eigenvalue weighted by molar-refractivity contribution is 6.30.